The number of hydrogen-bond acceptors (Lipinski definition) is 5. The first-order chi connectivity index (χ1) is 13.9. The Morgan fingerprint density at radius 2 is 1.83 bits per heavy atom. The van der Waals surface area contributed by atoms with Gasteiger partial charge in [-0.3, -0.25) is 14.2 Å². The molecule has 1 aliphatic heterocycles. The third kappa shape index (κ3) is 3.16. The van der Waals surface area contributed by atoms with Crippen LogP contribution in [0.5, 0.6) is 0 Å². The number of pyridine rings is 1. The van der Waals surface area contributed by atoms with Gasteiger partial charge in [0.05, 0.1) is 16.6 Å². The third-order valence-electron chi connectivity index (χ3n) is 5.34. The second kappa shape index (κ2) is 7.13. The van der Waals surface area contributed by atoms with Gasteiger partial charge in [-0.25, -0.2) is 13.8 Å². The van der Waals surface area contributed by atoms with Crippen LogP contribution >= 0.6 is 0 Å². The van der Waals surface area contributed by atoms with Crippen molar-refractivity contribution < 1.29 is 8.78 Å². The van der Waals surface area contributed by atoms with Crippen LogP contribution in [0.4, 0.5) is 14.6 Å². The fourth-order valence-electron chi connectivity index (χ4n) is 3.86. The fourth-order valence-corrected chi connectivity index (χ4v) is 3.86. The van der Waals surface area contributed by atoms with Gasteiger partial charge in [0.2, 0.25) is 0 Å². The molecule has 0 aliphatic carbocycles. The molecule has 7 nitrogen and oxygen atoms in total. The largest absolute Gasteiger partial charge is 0.354 e. The van der Waals surface area contributed by atoms with Gasteiger partial charge < -0.3 is 9.47 Å². The SMILES string of the molecule is Cn1c(=O)c(=O)n(C2CCN(c3ncc(C#N)cc3F)CC2)c2ccc(F)cc21. The minimum atomic E-state index is -0.717. The second-order valence-corrected chi connectivity index (χ2v) is 7.03. The molecule has 1 saturated heterocycles. The highest BCUT2D eigenvalue weighted by molar-refractivity contribution is 5.75. The number of hydrogen-bond donors (Lipinski definition) is 0. The summed E-state index contributed by atoms with van der Waals surface area (Å²) in [5, 5.41) is 8.84. The molecule has 29 heavy (non-hydrogen) atoms. The standard InChI is InChI=1S/C20H17F2N5O2/c1-25-17-9-13(21)2-3-16(17)27(20(29)19(25)28)14-4-6-26(7-5-14)18-15(22)8-12(10-23)11-24-18/h2-3,8-9,11,14H,4-7H2,1H3. The lowest BCUT2D eigenvalue weighted by Gasteiger charge is -2.34. The van der Waals surface area contributed by atoms with Crippen LogP contribution in [0, 0.1) is 23.0 Å². The van der Waals surface area contributed by atoms with E-state index in [2.05, 4.69) is 4.98 Å². The number of piperidine rings is 1. The molecule has 4 rings (SSSR count). The molecule has 0 spiro atoms. The fraction of sp³-hybridized carbons (Fsp3) is 0.300. The molecule has 0 unspecified atom stereocenters. The van der Waals surface area contributed by atoms with Gasteiger partial charge in [0.1, 0.15) is 11.9 Å². The molecule has 0 amide bonds. The molecule has 2 aromatic heterocycles. The zero-order valence-electron chi connectivity index (χ0n) is 15.6. The molecule has 0 N–H and O–H groups in total. The smallest absolute Gasteiger partial charge is 0.317 e. The Balaban J connectivity index is 1.68. The Morgan fingerprint density at radius 3 is 2.48 bits per heavy atom. The molecule has 0 bridgehead atoms. The van der Waals surface area contributed by atoms with E-state index >= 15 is 0 Å². The van der Waals surface area contributed by atoms with Crippen LogP contribution in [-0.4, -0.2) is 27.2 Å². The summed E-state index contributed by atoms with van der Waals surface area (Å²) < 4.78 is 30.5. The van der Waals surface area contributed by atoms with Gasteiger partial charge in [0, 0.05) is 32.4 Å². The molecule has 3 heterocycles. The van der Waals surface area contributed by atoms with Gasteiger partial charge in [-0.05, 0) is 37.1 Å². The van der Waals surface area contributed by atoms with Crippen molar-refractivity contribution in [1.29, 1.82) is 5.26 Å². The van der Waals surface area contributed by atoms with Crippen molar-refractivity contribution in [2.24, 2.45) is 7.05 Å². The summed E-state index contributed by atoms with van der Waals surface area (Å²) in [7, 11) is 1.44. The second-order valence-electron chi connectivity index (χ2n) is 7.03. The first-order valence-electron chi connectivity index (χ1n) is 9.12. The highest BCUT2D eigenvalue weighted by Gasteiger charge is 2.26. The van der Waals surface area contributed by atoms with Gasteiger partial charge in [0.15, 0.2) is 11.6 Å². The molecule has 0 saturated carbocycles. The summed E-state index contributed by atoms with van der Waals surface area (Å²) in [4.78, 5) is 30.8. The molecular formula is C20H17F2N5O2. The zero-order valence-corrected chi connectivity index (χ0v) is 15.6. The number of nitriles is 1. The quantitative estimate of drug-likeness (QED) is 0.619. The number of benzene rings is 1. The molecule has 148 valence electrons. The summed E-state index contributed by atoms with van der Waals surface area (Å²) in [6, 6.07) is 6.70. The van der Waals surface area contributed by atoms with Crippen molar-refractivity contribution in [3.05, 3.63) is 68.4 Å². The van der Waals surface area contributed by atoms with E-state index in [0.29, 0.717) is 37.0 Å². The van der Waals surface area contributed by atoms with Gasteiger partial charge >= 0.3 is 11.1 Å². The summed E-state index contributed by atoms with van der Waals surface area (Å²) in [5.74, 6) is -0.908. The van der Waals surface area contributed by atoms with Crippen molar-refractivity contribution in [1.82, 2.24) is 14.1 Å². The Bertz CT molecular complexity index is 1270. The van der Waals surface area contributed by atoms with Crippen molar-refractivity contribution in [2.75, 3.05) is 18.0 Å². The van der Waals surface area contributed by atoms with Crippen LogP contribution in [-0.2, 0) is 7.05 Å². The molecule has 0 radical (unpaired) electrons. The maximum Gasteiger partial charge on any atom is 0.317 e. The number of rotatable bonds is 2. The van der Waals surface area contributed by atoms with E-state index in [-0.39, 0.29) is 17.4 Å². The lowest BCUT2D eigenvalue weighted by atomic mass is 10.0. The molecule has 0 atom stereocenters. The Morgan fingerprint density at radius 1 is 1.10 bits per heavy atom. The van der Waals surface area contributed by atoms with Crippen LogP contribution in [0.2, 0.25) is 0 Å². The van der Waals surface area contributed by atoms with Crippen LogP contribution in [0.15, 0.2) is 40.1 Å². The summed E-state index contributed by atoms with van der Waals surface area (Å²) in [5.41, 5.74) is -0.402. The van der Waals surface area contributed by atoms with E-state index in [9.17, 15) is 18.4 Å². The van der Waals surface area contributed by atoms with Crippen LogP contribution in [0.25, 0.3) is 11.0 Å². The number of halogens is 2. The molecule has 1 aliphatic rings. The average molecular weight is 397 g/mol. The maximum atomic E-state index is 14.3. The minimum Gasteiger partial charge on any atom is -0.354 e. The minimum absolute atomic E-state index is 0.145. The van der Waals surface area contributed by atoms with E-state index < -0.39 is 22.8 Å². The number of fused-ring (bicyclic) bond motifs is 1. The van der Waals surface area contributed by atoms with E-state index in [1.54, 1.807) is 4.90 Å². The third-order valence-corrected chi connectivity index (χ3v) is 5.34. The van der Waals surface area contributed by atoms with Gasteiger partial charge in [-0.2, -0.15) is 5.26 Å². The zero-order chi connectivity index (χ0) is 20.7. The van der Waals surface area contributed by atoms with Crippen molar-refractivity contribution in [3.63, 3.8) is 0 Å². The van der Waals surface area contributed by atoms with E-state index in [1.165, 1.54) is 36.0 Å². The number of aromatic nitrogens is 3. The predicted molar refractivity (Wildman–Crippen MR) is 103 cm³/mol. The molecule has 9 heteroatoms. The average Bonchev–Trinajstić information content (AvgIpc) is 2.73. The van der Waals surface area contributed by atoms with Gasteiger partial charge in [0.25, 0.3) is 0 Å². The molecule has 1 fully saturated rings. The highest BCUT2D eigenvalue weighted by Crippen LogP contribution is 2.28. The number of anilines is 1. The monoisotopic (exact) mass is 397 g/mol. The number of aryl methyl sites for hydroxylation is 1. The lowest BCUT2D eigenvalue weighted by molar-refractivity contribution is 0.390. The van der Waals surface area contributed by atoms with Crippen LogP contribution in [0.3, 0.4) is 0 Å². The Hall–Kier alpha value is -3.54. The number of nitrogens with zero attached hydrogens (tertiary/aromatic N) is 5. The van der Waals surface area contributed by atoms with E-state index in [0.717, 1.165) is 10.6 Å². The topological polar surface area (TPSA) is 83.9 Å². The van der Waals surface area contributed by atoms with Gasteiger partial charge in [-0.15, -0.1) is 0 Å². The van der Waals surface area contributed by atoms with Gasteiger partial charge in [-0.1, -0.05) is 0 Å². The lowest BCUT2D eigenvalue weighted by Crippen LogP contribution is -2.45. The summed E-state index contributed by atoms with van der Waals surface area (Å²) in [6.07, 6.45) is 2.29. The van der Waals surface area contributed by atoms with Crippen molar-refractivity contribution in [3.8, 4) is 6.07 Å². The molecular weight excluding hydrogens is 380 g/mol. The predicted octanol–water partition coefficient (Wildman–Crippen LogP) is 2.09. The normalized spacial score (nSPS) is 14.9. The van der Waals surface area contributed by atoms with Crippen LogP contribution < -0.4 is 16.0 Å². The summed E-state index contributed by atoms with van der Waals surface area (Å²) in [6.45, 7) is 0.843. The Labute approximate surface area is 164 Å². The highest BCUT2D eigenvalue weighted by atomic mass is 19.1. The van der Waals surface area contributed by atoms with Crippen LogP contribution in [0.1, 0.15) is 24.4 Å². The summed E-state index contributed by atoms with van der Waals surface area (Å²) >= 11 is 0. The van der Waals surface area contributed by atoms with E-state index in [4.69, 9.17) is 5.26 Å². The maximum absolute atomic E-state index is 14.3. The first kappa shape index (κ1) is 18.8. The van der Waals surface area contributed by atoms with Crippen molar-refractivity contribution >= 4 is 16.9 Å². The van der Waals surface area contributed by atoms with Crippen molar-refractivity contribution in [2.45, 2.75) is 18.9 Å². The first-order valence-corrected chi connectivity index (χ1v) is 9.12. The van der Waals surface area contributed by atoms with E-state index in [1.807, 2.05) is 6.07 Å². The Kier molecular flexibility index (Phi) is 4.62. The molecule has 3 aromatic rings. The molecule has 1 aromatic carbocycles.